The van der Waals surface area contributed by atoms with Crippen molar-refractivity contribution in [1.82, 2.24) is 5.32 Å². The largest absolute Gasteiger partial charge is 0.378 e. The van der Waals surface area contributed by atoms with Crippen molar-refractivity contribution in [2.45, 2.75) is 44.2 Å². The Balaban J connectivity index is 1.63. The highest BCUT2D eigenvalue weighted by Gasteiger charge is 2.17. The van der Waals surface area contributed by atoms with Crippen LogP contribution in [0, 0.1) is 5.82 Å². The Morgan fingerprint density at radius 2 is 2.33 bits per heavy atom. The maximum Gasteiger partial charge on any atom is 0.124 e. The Morgan fingerprint density at radius 1 is 1.43 bits per heavy atom. The number of benzene rings is 1. The first-order chi connectivity index (χ1) is 10.3. The van der Waals surface area contributed by atoms with E-state index in [4.69, 9.17) is 4.74 Å². The van der Waals surface area contributed by atoms with Crippen LogP contribution in [0.5, 0.6) is 0 Å². The Bertz CT molecular complexity index is 591. The van der Waals surface area contributed by atoms with Crippen LogP contribution in [0.2, 0.25) is 0 Å². The summed E-state index contributed by atoms with van der Waals surface area (Å²) in [6, 6.07) is 7.57. The fourth-order valence-corrected chi connectivity index (χ4v) is 4.28. The van der Waals surface area contributed by atoms with Gasteiger partial charge in [0.25, 0.3) is 0 Å². The van der Waals surface area contributed by atoms with Gasteiger partial charge in [0.15, 0.2) is 0 Å². The summed E-state index contributed by atoms with van der Waals surface area (Å²) in [7, 11) is 2.00. The van der Waals surface area contributed by atoms with Crippen LogP contribution >= 0.6 is 11.3 Å². The summed E-state index contributed by atoms with van der Waals surface area (Å²) in [5.41, 5.74) is 0. The number of rotatable bonds is 6. The molecule has 0 bridgehead atoms. The van der Waals surface area contributed by atoms with E-state index in [2.05, 4.69) is 11.4 Å². The summed E-state index contributed by atoms with van der Waals surface area (Å²) >= 11 is 1.69. The lowest BCUT2D eigenvalue weighted by Crippen LogP contribution is -2.16. The number of halogens is 1. The molecule has 0 saturated carbocycles. The van der Waals surface area contributed by atoms with Crippen molar-refractivity contribution in [2.24, 2.45) is 0 Å². The van der Waals surface area contributed by atoms with Gasteiger partial charge in [0, 0.05) is 22.2 Å². The van der Waals surface area contributed by atoms with Gasteiger partial charge in [-0.2, -0.15) is 0 Å². The van der Waals surface area contributed by atoms with Gasteiger partial charge >= 0.3 is 0 Å². The van der Waals surface area contributed by atoms with Gasteiger partial charge in [0.1, 0.15) is 5.82 Å². The average Bonchev–Trinajstić information content (AvgIpc) is 3.12. The molecule has 4 heteroatoms. The molecule has 3 rings (SSSR count). The van der Waals surface area contributed by atoms with Gasteiger partial charge in [0.05, 0.1) is 6.10 Å². The molecule has 0 spiro atoms. The minimum atomic E-state index is -0.157. The second-order valence-corrected chi connectivity index (χ2v) is 6.85. The van der Waals surface area contributed by atoms with Crippen molar-refractivity contribution in [1.29, 1.82) is 0 Å². The predicted octanol–water partition coefficient (Wildman–Crippen LogP) is 4.65. The smallest absolute Gasteiger partial charge is 0.124 e. The van der Waals surface area contributed by atoms with E-state index in [1.165, 1.54) is 30.2 Å². The van der Waals surface area contributed by atoms with E-state index in [0.29, 0.717) is 12.1 Å². The number of fused-ring (bicyclic) bond motifs is 1. The molecule has 21 heavy (non-hydrogen) atoms. The van der Waals surface area contributed by atoms with E-state index in [-0.39, 0.29) is 5.82 Å². The third-order valence-corrected chi connectivity index (χ3v) is 5.45. The Hall–Kier alpha value is -0.970. The van der Waals surface area contributed by atoms with Crippen LogP contribution in [-0.4, -0.2) is 19.8 Å². The zero-order chi connectivity index (χ0) is 14.7. The van der Waals surface area contributed by atoms with Crippen molar-refractivity contribution in [3.63, 3.8) is 0 Å². The lowest BCUT2D eigenvalue weighted by Gasteiger charge is -2.15. The molecule has 2 atom stereocenters. The lowest BCUT2D eigenvalue weighted by molar-refractivity contribution is 0.101. The van der Waals surface area contributed by atoms with Crippen molar-refractivity contribution in [3.05, 3.63) is 35.0 Å². The Kier molecular flexibility index (Phi) is 4.88. The zero-order valence-corrected chi connectivity index (χ0v) is 13.2. The summed E-state index contributed by atoms with van der Waals surface area (Å²) in [5.74, 6) is -0.157. The molecular weight excluding hydrogens is 285 g/mol. The van der Waals surface area contributed by atoms with E-state index < -0.39 is 0 Å². The van der Waals surface area contributed by atoms with E-state index in [1.807, 2.05) is 13.1 Å². The van der Waals surface area contributed by atoms with Crippen LogP contribution in [0.15, 0.2) is 24.3 Å². The highest BCUT2D eigenvalue weighted by atomic mass is 32.1. The summed E-state index contributed by atoms with van der Waals surface area (Å²) in [4.78, 5) is 1.30. The minimum Gasteiger partial charge on any atom is -0.378 e. The molecule has 1 aromatic heterocycles. The number of ether oxygens (including phenoxy) is 1. The standard InChI is InChI=1S/C17H22FNOS/c1-19-15(6-2-4-14-5-3-9-20-14)17-10-12-7-8-13(18)11-16(12)21-17/h7-8,10-11,14-15,19H,2-6,9H2,1H3. The lowest BCUT2D eigenvalue weighted by atomic mass is 10.0. The van der Waals surface area contributed by atoms with E-state index in [0.717, 1.165) is 29.5 Å². The van der Waals surface area contributed by atoms with Crippen LogP contribution in [0.1, 0.15) is 43.0 Å². The molecule has 2 heterocycles. The van der Waals surface area contributed by atoms with Gasteiger partial charge in [-0.25, -0.2) is 4.39 Å². The summed E-state index contributed by atoms with van der Waals surface area (Å²) < 4.78 is 20.0. The van der Waals surface area contributed by atoms with Crippen molar-refractivity contribution in [2.75, 3.05) is 13.7 Å². The highest BCUT2D eigenvalue weighted by Crippen LogP contribution is 2.33. The van der Waals surface area contributed by atoms with E-state index in [9.17, 15) is 4.39 Å². The molecule has 1 aliphatic rings. The van der Waals surface area contributed by atoms with Gasteiger partial charge < -0.3 is 10.1 Å². The summed E-state index contributed by atoms with van der Waals surface area (Å²) in [6.45, 7) is 0.933. The molecule has 1 fully saturated rings. The SMILES string of the molecule is CNC(CCCC1CCCO1)c1cc2ccc(F)cc2s1. The Morgan fingerprint density at radius 3 is 3.10 bits per heavy atom. The second kappa shape index (κ2) is 6.86. The molecular formula is C17H22FNOS. The first-order valence-electron chi connectivity index (χ1n) is 7.74. The van der Waals surface area contributed by atoms with E-state index in [1.54, 1.807) is 17.4 Å². The molecule has 0 radical (unpaired) electrons. The first kappa shape index (κ1) is 14.9. The molecule has 0 aliphatic carbocycles. The fourth-order valence-electron chi connectivity index (χ4n) is 3.05. The maximum atomic E-state index is 13.3. The van der Waals surface area contributed by atoms with Gasteiger partial charge in [-0.15, -0.1) is 11.3 Å². The molecule has 0 amide bonds. The Labute approximate surface area is 129 Å². The minimum absolute atomic E-state index is 0.157. The van der Waals surface area contributed by atoms with Gasteiger partial charge in [-0.05, 0) is 62.7 Å². The molecule has 1 aliphatic heterocycles. The number of hydrogen-bond donors (Lipinski definition) is 1. The third kappa shape index (κ3) is 3.62. The van der Waals surface area contributed by atoms with Crippen molar-refractivity contribution < 1.29 is 9.13 Å². The quantitative estimate of drug-likeness (QED) is 0.838. The predicted molar refractivity (Wildman–Crippen MR) is 86.4 cm³/mol. The van der Waals surface area contributed by atoms with Crippen LogP contribution in [0.3, 0.4) is 0 Å². The summed E-state index contributed by atoms with van der Waals surface area (Å²) in [5, 5.41) is 4.53. The fraction of sp³-hybridized carbons (Fsp3) is 0.529. The highest BCUT2D eigenvalue weighted by molar-refractivity contribution is 7.19. The van der Waals surface area contributed by atoms with Crippen LogP contribution in [-0.2, 0) is 4.74 Å². The van der Waals surface area contributed by atoms with Crippen molar-refractivity contribution >= 4 is 21.4 Å². The third-order valence-electron chi connectivity index (χ3n) is 4.24. The molecule has 1 saturated heterocycles. The second-order valence-electron chi connectivity index (χ2n) is 5.74. The zero-order valence-electron chi connectivity index (χ0n) is 12.4. The van der Waals surface area contributed by atoms with Crippen LogP contribution < -0.4 is 5.32 Å². The van der Waals surface area contributed by atoms with Gasteiger partial charge in [-0.3, -0.25) is 0 Å². The number of hydrogen-bond acceptors (Lipinski definition) is 3. The monoisotopic (exact) mass is 307 g/mol. The molecule has 1 aromatic carbocycles. The molecule has 1 N–H and O–H groups in total. The van der Waals surface area contributed by atoms with Crippen molar-refractivity contribution in [3.8, 4) is 0 Å². The number of nitrogens with one attached hydrogen (secondary N) is 1. The van der Waals surface area contributed by atoms with Crippen LogP contribution in [0.25, 0.3) is 10.1 Å². The molecule has 2 nitrogen and oxygen atoms in total. The topological polar surface area (TPSA) is 21.3 Å². The van der Waals surface area contributed by atoms with Gasteiger partial charge in [0.2, 0.25) is 0 Å². The maximum absolute atomic E-state index is 13.3. The first-order valence-corrected chi connectivity index (χ1v) is 8.56. The molecule has 2 aromatic rings. The summed E-state index contributed by atoms with van der Waals surface area (Å²) in [6.07, 6.45) is 6.32. The van der Waals surface area contributed by atoms with Crippen LogP contribution in [0.4, 0.5) is 4.39 Å². The molecule has 2 unspecified atom stereocenters. The number of thiophene rings is 1. The normalized spacial score (nSPS) is 20.2. The van der Waals surface area contributed by atoms with Gasteiger partial charge in [-0.1, -0.05) is 6.07 Å². The molecule has 114 valence electrons. The average molecular weight is 307 g/mol. The van der Waals surface area contributed by atoms with E-state index >= 15 is 0 Å².